The Morgan fingerprint density at radius 2 is 0.962 bits per heavy atom. The third-order valence-corrected chi connectivity index (χ3v) is 5.18. The van der Waals surface area contributed by atoms with E-state index in [-0.39, 0.29) is 5.75 Å². The summed E-state index contributed by atoms with van der Waals surface area (Å²) < 4.78 is 32.2. The molecule has 0 saturated heterocycles. The number of hydrogen-bond acceptors (Lipinski definition) is 3. The van der Waals surface area contributed by atoms with Crippen molar-refractivity contribution >= 4 is 10.1 Å². The van der Waals surface area contributed by atoms with Gasteiger partial charge in [-0.15, -0.1) is 0 Å². The molecule has 0 aliphatic heterocycles. The number of quaternary nitrogens is 1. The topological polar surface area (TPSA) is 57.2 Å². The van der Waals surface area contributed by atoms with E-state index in [1.165, 1.54) is 77.2 Å². The van der Waals surface area contributed by atoms with Crippen molar-refractivity contribution in [2.45, 2.75) is 104 Å². The van der Waals surface area contributed by atoms with Crippen molar-refractivity contribution in [2.75, 3.05) is 33.4 Å². The van der Waals surface area contributed by atoms with Crippen molar-refractivity contribution in [3.63, 3.8) is 0 Å². The molecule has 0 fully saturated rings. The predicted octanol–water partition coefficient (Wildman–Crippen LogP) is 5.73. The largest absolute Gasteiger partial charge is 0.748 e. The maximum atomic E-state index is 10.4. The number of rotatable bonds is 16. The van der Waals surface area contributed by atoms with Gasteiger partial charge in [-0.2, -0.15) is 0 Å². The van der Waals surface area contributed by atoms with Gasteiger partial charge in [0.05, 0.1) is 37.8 Å². The van der Waals surface area contributed by atoms with E-state index in [1.54, 1.807) is 0 Å². The minimum Gasteiger partial charge on any atom is -0.748 e. The molecule has 0 bridgehead atoms. The molecular formula is C21H47NO3S. The van der Waals surface area contributed by atoms with E-state index in [0.29, 0.717) is 6.42 Å². The predicted molar refractivity (Wildman–Crippen MR) is 113 cm³/mol. The Labute approximate surface area is 165 Å². The Bertz CT molecular complexity index is 375. The first-order valence-electron chi connectivity index (χ1n) is 10.9. The quantitative estimate of drug-likeness (QED) is 0.191. The zero-order valence-corrected chi connectivity index (χ0v) is 19.2. The normalized spacial score (nSPS) is 11.9. The fraction of sp³-hybridized carbons (Fsp3) is 1.00. The molecule has 0 unspecified atom stereocenters. The molecule has 0 spiro atoms. The van der Waals surface area contributed by atoms with Gasteiger partial charge in [0.15, 0.2) is 0 Å². The van der Waals surface area contributed by atoms with Gasteiger partial charge in [0.25, 0.3) is 0 Å². The second-order valence-electron chi connectivity index (χ2n) is 8.52. The Morgan fingerprint density at radius 1 is 0.615 bits per heavy atom. The molecule has 4 nitrogen and oxygen atoms in total. The molecule has 0 atom stereocenters. The highest BCUT2D eigenvalue weighted by atomic mass is 32.2. The van der Waals surface area contributed by atoms with E-state index in [1.807, 2.05) is 0 Å². The van der Waals surface area contributed by atoms with Crippen molar-refractivity contribution in [2.24, 2.45) is 0 Å². The van der Waals surface area contributed by atoms with Crippen LogP contribution in [0.15, 0.2) is 0 Å². The molecule has 0 aromatic carbocycles. The summed E-state index contributed by atoms with van der Waals surface area (Å²) in [6, 6.07) is 0. The molecule has 0 aliphatic rings. The summed E-state index contributed by atoms with van der Waals surface area (Å²) in [4.78, 5) is 0. The van der Waals surface area contributed by atoms with Crippen molar-refractivity contribution in [1.82, 2.24) is 0 Å². The van der Waals surface area contributed by atoms with Crippen LogP contribution in [-0.2, 0) is 10.1 Å². The van der Waals surface area contributed by atoms with E-state index in [9.17, 15) is 13.0 Å². The Balaban J connectivity index is 0. The van der Waals surface area contributed by atoms with Crippen molar-refractivity contribution in [3.05, 3.63) is 0 Å². The highest BCUT2D eigenvalue weighted by Gasteiger charge is 2.01. The van der Waals surface area contributed by atoms with Crippen LogP contribution in [0.1, 0.15) is 104 Å². The molecule has 0 amide bonds. The molecule has 0 aromatic rings. The standard InChI is InChI=1S/C15H32O3S.C6H16N/c1-2-3-4-5-6-7-8-9-10-11-12-13-14-15-19(16,17)18;1-5-6-7(2,3)4/h2-15H2,1H3,(H,16,17,18);5-6H2,1-4H3/q;+1/p-1. The third kappa shape index (κ3) is 31.6. The summed E-state index contributed by atoms with van der Waals surface area (Å²) in [6.07, 6.45) is 17.0. The minimum atomic E-state index is -3.99. The van der Waals surface area contributed by atoms with Gasteiger partial charge in [-0.25, -0.2) is 8.42 Å². The second kappa shape index (κ2) is 18.2. The molecule has 0 aromatic heterocycles. The average molecular weight is 394 g/mol. The smallest absolute Gasteiger partial charge is 0.0945 e. The maximum absolute atomic E-state index is 10.4. The van der Waals surface area contributed by atoms with Gasteiger partial charge >= 0.3 is 0 Å². The number of hydrogen-bond donors (Lipinski definition) is 0. The lowest BCUT2D eigenvalue weighted by atomic mass is 10.1. The van der Waals surface area contributed by atoms with Gasteiger partial charge in [0, 0.05) is 5.75 Å². The zero-order valence-electron chi connectivity index (χ0n) is 18.4. The fourth-order valence-electron chi connectivity index (χ4n) is 2.97. The first kappa shape index (κ1) is 28.1. The summed E-state index contributed by atoms with van der Waals surface area (Å²) in [5, 5.41) is 0. The van der Waals surface area contributed by atoms with Crippen LogP contribution < -0.4 is 0 Å². The molecule has 160 valence electrons. The SMILES string of the molecule is CCCCCCCCCCCCCCCS(=O)(=O)[O-].CCC[N+](C)(C)C. The first-order chi connectivity index (χ1) is 12.1. The second-order valence-corrected chi connectivity index (χ2v) is 10.0. The van der Waals surface area contributed by atoms with Crippen molar-refractivity contribution in [3.8, 4) is 0 Å². The molecule has 26 heavy (non-hydrogen) atoms. The van der Waals surface area contributed by atoms with Gasteiger partial charge in [0.1, 0.15) is 0 Å². The zero-order chi connectivity index (χ0) is 20.3. The third-order valence-electron chi connectivity index (χ3n) is 4.39. The van der Waals surface area contributed by atoms with Crippen LogP contribution in [0.5, 0.6) is 0 Å². The molecular weight excluding hydrogens is 346 g/mol. The molecule has 0 aliphatic carbocycles. The van der Waals surface area contributed by atoms with Gasteiger partial charge in [-0.05, 0) is 12.8 Å². The highest BCUT2D eigenvalue weighted by Crippen LogP contribution is 2.12. The summed E-state index contributed by atoms with van der Waals surface area (Å²) in [7, 11) is 2.65. The summed E-state index contributed by atoms with van der Waals surface area (Å²) in [6.45, 7) is 5.73. The first-order valence-corrected chi connectivity index (χ1v) is 12.4. The summed E-state index contributed by atoms with van der Waals surface area (Å²) >= 11 is 0. The van der Waals surface area contributed by atoms with Gasteiger partial charge < -0.3 is 9.04 Å². The van der Waals surface area contributed by atoms with Crippen LogP contribution in [-0.4, -0.2) is 50.9 Å². The average Bonchev–Trinajstić information content (AvgIpc) is 2.50. The van der Waals surface area contributed by atoms with Crippen LogP contribution in [0.4, 0.5) is 0 Å². The van der Waals surface area contributed by atoms with E-state index in [0.717, 1.165) is 17.3 Å². The maximum Gasteiger partial charge on any atom is 0.0945 e. The molecule has 0 N–H and O–H groups in total. The van der Waals surface area contributed by atoms with E-state index in [2.05, 4.69) is 35.0 Å². The molecule has 0 saturated carbocycles. The van der Waals surface area contributed by atoms with E-state index < -0.39 is 10.1 Å². The lowest BCUT2D eigenvalue weighted by Crippen LogP contribution is -2.34. The van der Waals surface area contributed by atoms with E-state index >= 15 is 0 Å². The van der Waals surface area contributed by atoms with Gasteiger partial charge in [-0.3, -0.25) is 0 Å². The molecule has 5 heteroatoms. The lowest BCUT2D eigenvalue weighted by molar-refractivity contribution is -0.870. The number of nitrogens with zero attached hydrogens (tertiary/aromatic N) is 1. The highest BCUT2D eigenvalue weighted by molar-refractivity contribution is 7.85. The van der Waals surface area contributed by atoms with Crippen molar-refractivity contribution in [1.29, 1.82) is 0 Å². The fourth-order valence-corrected chi connectivity index (χ4v) is 3.53. The van der Waals surface area contributed by atoms with Gasteiger partial charge in [-0.1, -0.05) is 90.9 Å². The van der Waals surface area contributed by atoms with Crippen LogP contribution in [0.2, 0.25) is 0 Å². The van der Waals surface area contributed by atoms with Crippen LogP contribution in [0.25, 0.3) is 0 Å². The summed E-state index contributed by atoms with van der Waals surface area (Å²) in [5.41, 5.74) is 0. The minimum absolute atomic E-state index is 0.190. The van der Waals surface area contributed by atoms with Crippen LogP contribution >= 0.6 is 0 Å². The lowest BCUT2D eigenvalue weighted by Gasteiger charge is -2.22. The Kier molecular flexibility index (Phi) is 19.7. The monoisotopic (exact) mass is 393 g/mol. The van der Waals surface area contributed by atoms with Crippen molar-refractivity contribution < 1.29 is 17.5 Å². The number of unbranched alkanes of at least 4 members (excludes halogenated alkanes) is 12. The Hall–Kier alpha value is -0.130. The van der Waals surface area contributed by atoms with E-state index in [4.69, 9.17) is 0 Å². The molecule has 0 radical (unpaired) electrons. The van der Waals surface area contributed by atoms with Crippen LogP contribution in [0.3, 0.4) is 0 Å². The molecule has 0 heterocycles. The summed E-state index contributed by atoms with van der Waals surface area (Å²) in [5.74, 6) is -0.190. The molecule has 0 rings (SSSR count). The Morgan fingerprint density at radius 3 is 1.19 bits per heavy atom. The van der Waals surface area contributed by atoms with Crippen LogP contribution in [0, 0.1) is 0 Å². The van der Waals surface area contributed by atoms with Gasteiger partial charge in [0.2, 0.25) is 0 Å².